The van der Waals surface area contributed by atoms with Gasteiger partial charge in [-0.3, -0.25) is 4.98 Å². The van der Waals surface area contributed by atoms with Gasteiger partial charge in [0.2, 0.25) is 0 Å². The first-order valence-corrected chi connectivity index (χ1v) is 6.69. The van der Waals surface area contributed by atoms with Crippen molar-refractivity contribution < 1.29 is 4.42 Å². The molecule has 102 valence electrons. The molecule has 0 aliphatic carbocycles. The van der Waals surface area contributed by atoms with Gasteiger partial charge in [0.25, 0.3) is 0 Å². The van der Waals surface area contributed by atoms with Gasteiger partial charge >= 0.3 is 0 Å². The Hall–Kier alpha value is -1.61. The van der Waals surface area contributed by atoms with Crippen molar-refractivity contribution in [2.45, 2.75) is 39.8 Å². The molecule has 0 bridgehead atoms. The quantitative estimate of drug-likeness (QED) is 0.882. The van der Waals surface area contributed by atoms with Gasteiger partial charge in [0.15, 0.2) is 0 Å². The highest BCUT2D eigenvalue weighted by Gasteiger charge is 2.20. The fourth-order valence-electron chi connectivity index (χ4n) is 2.14. The zero-order valence-corrected chi connectivity index (χ0v) is 11.9. The first-order valence-electron chi connectivity index (χ1n) is 6.69. The molecule has 0 amide bonds. The van der Waals surface area contributed by atoms with Crippen molar-refractivity contribution in [1.29, 1.82) is 0 Å². The molecule has 0 saturated carbocycles. The van der Waals surface area contributed by atoms with Crippen molar-refractivity contribution in [3.8, 4) is 0 Å². The molecule has 1 atom stereocenters. The average Bonchev–Trinajstić information content (AvgIpc) is 2.87. The number of hydrogen-bond donors (Lipinski definition) is 1. The zero-order chi connectivity index (χ0) is 13.7. The number of aromatic nitrogens is 1. The number of furan rings is 1. The van der Waals surface area contributed by atoms with Crippen molar-refractivity contribution in [2.75, 3.05) is 0 Å². The molecule has 0 spiro atoms. The van der Waals surface area contributed by atoms with Crippen LogP contribution in [0.5, 0.6) is 0 Å². The fraction of sp³-hybridized carbons (Fsp3) is 0.438. The van der Waals surface area contributed by atoms with Gasteiger partial charge in [0.05, 0.1) is 12.5 Å². The van der Waals surface area contributed by atoms with Crippen LogP contribution in [-0.2, 0) is 6.54 Å². The summed E-state index contributed by atoms with van der Waals surface area (Å²) in [5.74, 6) is 0. The molecule has 0 saturated heterocycles. The van der Waals surface area contributed by atoms with E-state index in [0.29, 0.717) is 6.04 Å². The second kappa shape index (κ2) is 6.02. The Morgan fingerprint density at radius 1 is 1.32 bits per heavy atom. The lowest BCUT2D eigenvalue weighted by molar-refractivity contribution is 0.309. The monoisotopic (exact) mass is 258 g/mol. The van der Waals surface area contributed by atoms with Gasteiger partial charge < -0.3 is 9.73 Å². The van der Waals surface area contributed by atoms with E-state index in [-0.39, 0.29) is 5.41 Å². The van der Waals surface area contributed by atoms with Crippen LogP contribution in [0.2, 0.25) is 0 Å². The smallest absolute Gasteiger partial charge is 0.0947 e. The Kier molecular flexibility index (Phi) is 4.38. The van der Waals surface area contributed by atoms with Gasteiger partial charge in [-0.2, -0.15) is 0 Å². The summed E-state index contributed by atoms with van der Waals surface area (Å²) < 4.78 is 5.10. The van der Waals surface area contributed by atoms with E-state index in [0.717, 1.165) is 13.0 Å². The fourth-order valence-corrected chi connectivity index (χ4v) is 2.14. The summed E-state index contributed by atoms with van der Waals surface area (Å²) in [5, 5.41) is 3.59. The van der Waals surface area contributed by atoms with Crippen molar-refractivity contribution in [2.24, 2.45) is 5.41 Å². The summed E-state index contributed by atoms with van der Waals surface area (Å²) in [4.78, 5) is 4.22. The van der Waals surface area contributed by atoms with Crippen molar-refractivity contribution in [3.05, 3.63) is 54.2 Å². The number of nitrogens with one attached hydrogen (secondary N) is 1. The number of pyridine rings is 1. The molecule has 1 unspecified atom stereocenters. The Morgan fingerprint density at radius 3 is 2.74 bits per heavy atom. The number of nitrogens with zero attached hydrogens (tertiary/aromatic N) is 1. The first kappa shape index (κ1) is 13.8. The Bertz CT molecular complexity index is 471. The Morgan fingerprint density at radius 2 is 2.16 bits per heavy atom. The highest BCUT2D eigenvalue weighted by atomic mass is 16.3. The molecule has 2 aromatic heterocycles. The van der Waals surface area contributed by atoms with E-state index >= 15 is 0 Å². The second-order valence-corrected chi connectivity index (χ2v) is 6.12. The van der Waals surface area contributed by atoms with E-state index in [4.69, 9.17) is 4.42 Å². The third-order valence-electron chi connectivity index (χ3n) is 3.04. The van der Waals surface area contributed by atoms with Gasteiger partial charge in [0.1, 0.15) is 0 Å². The molecule has 2 heterocycles. The Balaban J connectivity index is 2.06. The standard InChI is InChI=1S/C16H22N2O/c1-16(2,3)9-15(14-5-4-7-17-11-14)18-10-13-6-8-19-12-13/h4-8,11-12,15,18H,9-10H2,1-3H3. The third-order valence-corrected chi connectivity index (χ3v) is 3.04. The van der Waals surface area contributed by atoms with Crippen LogP contribution in [0, 0.1) is 5.41 Å². The van der Waals surface area contributed by atoms with Gasteiger partial charge in [0, 0.05) is 30.5 Å². The molecule has 0 aromatic carbocycles. The zero-order valence-electron chi connectivity index (χ0n) is 11.9. The summed E-state index contributed by atoms with van der Waals surface area (Å²) in [6.45, 7) is 7.59. The summed E-state index contributed by atoms with van der Waals surface area (Å²) in [6.07, 6.45) is 8.31. The van der Waals surface area contributed by atoms with Crippen LogP contribution >= 0.6 is 0 Å². The van der Waals surface area contributed by atoms with Crippen LogP contribution in [0.25, 0.3) is 0 Å². The molecule has 0 aliphatic rings. The largest absolute Gasteiger partial charge is 0.472 e. The summed E-state index contributed by atoms with van der Waals surface area (Å²) >= 11 is 0. The SMILES string of the molecule is CC(C)(C)CC(NCc1ccoc1)c1cccnc1. The van der Waals surface area contributed by atoms with Gasteiger partial charge in [-0.25, -0.2) is 0 Å². The lowest BCUT2D eigenvalue weighted by Crippen LogP contribution is -2.25. The minimum atomic E-state index is 0.268. The topological polar surface area (TPSA) is 38.1 Å². The predicted molar refractivity (Wildman–Crippen MR) is 76.6 cm³/mol. The molecular weight excluding hydrogens is 236 g/mol. The maximum Gasteiger partial charge on any atom is 0.0947 e. The van der Waals surface area contributed by atoms with Gasteiger partial charge in [-0.15, -0.1) is 0 Å². The molecular formula is C16H22N2O. The van der Waals surface area contributed by atoms with Gasteiger partial charge in [-0.05, 0) is 29.5 Å². The molecule has 0 aliphatic heterocycles. The normalized spacial score (nSPS) is 13.4. The molecule has 19 heavy (non-hydrogen) atoms. The summed E-state index contributed by atoms with van der Waals surface area (Å²) in [7, 11) is 0. The van der Waals surface area contributed by atoms with E-state index in [1.165, 1.54) is 11.1 Å². The lowest BCUT2D eigenvalue weighted by atomic mass is 9.86. The third kappa shape index (κ3) is 4.52. The molecule has 0 radical (unpaired) electrons. The van der Waals surface area contributed by atoms with Crippen LogP contribution < -0.4 is 5.32 Å². The summed E-state index contributed by atoms with van der Waals surface area (Å²) in [6, 6.07) is 6.42. The molecule has 0 fully saturated rings. The van der Waals surface area contributed by atoms with Crippen molar-refractivity contribution in [1.82, 2.24) is 10.3 Å². The highest BCUT2D eigenvalue weighted by Crippen LogP contribution is 2.29. The van der Waals surface area contributed by atoms with Gasteiger partial charge in [-0.1, -0.05) is 26.8 Å². The van der Waals surface area contributed by atoms with Crippen LogP contribution in [0.4, 0.5) is 0 Å². The minimum Gasteiger partial charge on any atom is -0.472 e. The lowest BCUT2D eigenvalue weighted by Gasteiger charge is -2.27. The first-order chi connectivity index (χ1) is 9.04. The molecule has 2 rings (SSSR count). The van der Waals surface area contributed by atoms with Crippen LogP contribution in [0.3, 0.4) is 0 Å². The molecule has 2 aromatic rings. The van der Waals surface area contributed by atoms with Crippen LogP contribution in [0.15, 0.2) is 47.5 Å². The van der Waals surface area contributed by atoms with E-state index < -0.39 is 0 Å². The van der Waals surface area contributed by atoms with E-state index in [9.17, 15) is 0 Å². The minimum absolute atomic E-state index is 0.268. The molecule has 3 heteroatoms. The summed E-state index contributed by atoms with van der Waals surface area (Å²) in [5.41, 5.74) is 2.67. The molecule has 3 nitrogen and oxygen atoms in total. The Labute approximate surface area is 115 Å². The predicted octanol–water partition coefficient (Wildman–Crippen LogP) is 3.94. The maximum atomic E-state index is 5.10. The van der Waals surface area contributed by atoms with Crippen molar-refractivity contribution >= 4 is 0 Å². The van der Waals surface area contributed by atoms with Crippen LogP contribution in [0.1, 0.15) is 44.4 Å². The van der Waals surface area contributed by atoms with E-state index in [1.54, 1.807) is 12.5 Å². The molecule has 1 N–H and O–H groups in total. The maximum absolute atomic E-state index is 5.10. The highest BCUT2D eigenvalue weighted by molar-refractivity contribution is 5.15. The van der Waals surface area contributed by atoms with Crippen LogP contribution in [-0.4, -0.2) is 4.98 Å². The average molecular weight is 258 g/mol. The number of hydrogen-bond acceptors (Lipinski definition) is 3. The van der Waals surface area contributed by atoms with E-state index in [2.05, 4.69) is 37.1 Å². The number of rotatable bonds is 5. The van der Waals surface area contributed by atoms with E-state index in [1.807, 2.05) is 24.5 Å². The second-order valence-electron chi connectivity index (χ2n) is 6.12. The van der Waals surface area contributed by atoms with Crippen molar-refractivity contribution in [3.63, 3.8) is 0 Å².